The molecule has 0 bridgehead atoms. The van der Waals surface area contributed by atoms with E-state index in [9.17, 15) is 33.6 Å². The first-order valence-electron chi connectivity index (χ1n) is 19.0. The summed E-state index contributed by atoms with van der Waals surface area (Å²) in [5, 5.41) is 17.3. The van der Waals surface area contributed by atoms with Gasteiger partial charge in [-0.1, -0.05) is 19.3 Å². The fraction of sp³-hybridized carbons (Fsp3) is 0.816. The number of esters is 1. The number of nitrogens with zero attached hydrogens (tertiary/aromatic N) is 2. The monoisotopic (exact) mass is 767 g/mol. The third-order valence-electron chi connectivity index (χ3n) is 9.17. The molecular formula is C38H65N5O11. The zero-order valence-corrected chi connectivity index (χ0v) is 34.2. The summed E-state index contributed by atoms with van der Waals surface area (Å²) in [5.41, 5.74) is -1.73. The van der Waals surface area contributed by atoms with Gasteiger partial charge in [-0.25, -0.2) is 9.59 Å². The van der Waals surface area contributed by atoms with Gasteiger partial charge < -0.3 is 45.1 Å². The Labute approximate surface area is 320 Å². The van der Waals surface area contributed by atoms with Gasteiger partial charge in [-0.15, -0.1) is 0 Å². The van der Waals surface area contributed by atoms with Crippen LogP contribution in [0.25, 0.3) is 0 Å². The van der Waals surface area contributed by atoms with Gasteiger partial charge in [-0.2, -0.15) is 0 Å². The number of fused-ring (bicyclic) bond motifs is 1. The predicted octanol–water partition coefficient (Wildman–Crippen LogP) is 3.99. The number of hydrogen-bond acceptors (Lipinski definition) is 10. The van der Waals surface area contributed by atoms with Gasteiger partial charge in [0.15, 0.2) is 0 Å². The molecule has 0 radical (unpaired) electrons. The number of carboxylic acids is 1. The molecule has 308 valence electrons. The summed E-state index contributed by atoms with van der Waals surface area (Å²) in [6.45, 7) is 16.1. The molecule has 0 aromatic rings. The molecule has 54 heavy (non-hydrogen) atoms. The van der Waals surface area contributed by atoms with Gasteiger partial charge in [0, 0.05) is 32.2 Å². The van der Waals surface area contributed by atoms with Crippen molar-refractivity contribution in [3.63, 3.8) is 0 Å². The van der Waals surface area contributed by atoms with Crippen molar-refractivity contribution in [1.29, 1.82) is 0 Å². The first kappa shape index (κ1) is 46.0. The number of carbonyl (C=O) groups is 7. The Morgan fingerprint density at radius 3 is 1.69 bits per heavy atom. The van der Waals surface area contributed by atoms with Crippen molar-refractivity contribution >= 4 is 41.8 Å². The lowest BCUT2D eigenvalue weighted by molar-refractivity contribution is -0.159. The summed E-state index contributed by atoms with van der Waals surface area (Å²) < 4.78 is 15.6. The minimum absolute atomic E-state index is 0.0229. The lowest BCUT2D eigenvalue weighted by Gasteiger charge is -2.27. The molecule has 4 fully saturated rings. The summed E-state index contributed by atoms with van der Waals surface area (Å²) >= 11 is 0. The summed E-state index contributed by atoms with van der Waals surface area (Å²) in [7, 11) is 3.28. The van der Waals surface area contributed by atoms with E-state index in [1.807, 2.05) is 0 Å². The third kappa shape index (κ3) is 16.1. The third-order valence-corrected chi connectivity index (χ3v) is 9.17. The quantitative estimate of drug-likeness (QED) is 0.224. The largest absolute Gasteiger partial charge is 0.481 e. The molecule has 4 N–H and O–H groups in total. The van der Waals surface area contributed by atoms with Crippen LogP contribution in [0, 0.1) is 17.8 Å². The number of aliphatic carboxylic acids is 1. The molecule has 16 nitrogen and oxygen atoms in total. The summed E-state index contributed by atoms with van der Waals surface area (Å²) in [5.74, 6) is -2.14. The van der Waals surface area contributed by atoms with Crippen LogP contribution >= 0.6 is 0 Å². The van der Waals surface area contributed by atoms with E-state index in [1.54, 1.807) is 76.4 Å². The fourth-order valence-corrected chi connectivity index (χ4v) is 6.96. The van der Waals surface area contributed by atoms with Gasteiger partial charge in [0.1, 0.15) is 23.3 Å². The topological polar surface area (TPSA) is 210 Å². The Morgan fingerprint density at radius 1 is 0.741 bits per heavy atom. The number of carboxylic acid groups (broad SMARTS) is 1. The van der Waals surface area contributed by atoms with E-state index in [0.717, 1.165) is 38.5 Å². The van der Waals surface area contributed by atoms with Gasteiger partial charge in [0.05, 0.1) is 24.3 Å². The number of nitrogens with one attached hydrogen (secondary N) is 3. The maximum Gasteiger partial charge on any atom is 0.407 e. The lowest BCUT2D eigenvalue weighted by atomic mass is 10.0. The van der Waals surface area contributed by atoms with Crippen LogP contribution in [0.15, 0.2) is 0 Å². The normalized spacial score (nSPS) is 25.3. The predicted molar refractivity (Wildman–Crippen MR) is 199 cm³/mol. The van der Waals surface area contributed by atoms with Crippen LogP contribution in [0.1, 0.15) is 120 Å². The van der Waals surface area contributed by atoms with Gasteiger partial charge in [-0.3, -0.25) is 24.0 Å². The van der Waals surface area contributed by atoms with Gasteiger partial charge in [0.25, 0.3) is 0 Å². The van der Waals surface area contributed by atoms with Crippen LogP contribution < -0.4 is 16.0 Å². The van der Waals surface area contributed by atoms with Crippen molar-refractivity contribution in [3.05, 3.63) is 0 Å². The van der Waals surface area contributed by atoms with E-state index < -0.39 is 46.8 Å². The van der Waals surface area contributed by atoms with E-state index in [0.29, 0.717) is 19.3 Å². The molecule has 6 atom stereocenters. The molecule has 5 amide bonds. The standard InChI is InChI=1S/C18H32N2O5.C11H19NO4.C9H14N2O2/c1-17(2,3)24-14(21)11-20(7)15(22)12-9-8-10-13(12)19-16(23)25-18(4,5)6;1-11(2,3)16-10(15)12-8-6-4-5-7(8)9(13)14;1-11-5-8(12)10-7-4-2-3-6(7)9(11)13/h12-13H,8-11H2,1-7H3,(H,19,23);7-8H,4-6H2,1-3H3,(H,12,15)(H,13,14);6-7H,2-5H2,1H3,(H,10,12)/t12-,13-;7-,8-;6-,7-/m000/s1. The first-order valence-corrected chi connectivity index (χ1v) is 19.0. The molecule has 4 rings (SSSR count). The molecule has 0 unspecified atom stereocenters. The van der Waals surface area contributed by atoms with E-state index >= 15 is 0 Å². The molecule has 1 aliphatic heterocycles. The Balaban J connectivity index is 0.000000298. The number of rotatable bonds is 6. The van der Waals surface area contributed by atoms with Crippen LogP contribution in [0.2, 0.25) is 0 Å². The van der Waals surface area contributed by atoms with E-state index in [2.05, 4.69) is 16.0 Å². The SMILES string of the molecule is CC(C)(C)OC(=O)N[C@H]1CCC[C@@H]1C(=O)O.CN(CC(=O)OC(C)(C)C)C(=O)[C@H]1CCC[C@@H]1NC(=O)OC(C)(C)C.CN1CC(=O)N[C@H]2CCC[C@@H]2C1=O. The van der Waals surface area contributed by atoms with Crippen molar-refractivity contribution in [2.75, 3.05) is 27.2 Å². The Morgan fingerprint density at radius 2 is 1.20 bits per heavy atom. The van der Waals surface area contributed by atoms with Gasteiger partial charge in [0.2, 0.25) is 17.7 Å². The summed E-state index contributed by atoms with van der Waals surface area (Å²) in [4.78, 5) is 84.7. The van der Waals surface area contributed by atoms with Crippen molar-refractivity contribution < 1.29 is 52.9 Å². The smallest absolute Gasteiger partial charge is 0.407 e. The van der Waals surface area contributed by atoms with Crippen LogP contribution in [-0.2, 0) is 38.2 Å². The second kappa shape index (κ2) is 19.5. The number of carbonyl (C=O) groups excluding carboxylic acids is 6. The number of alkyl carbamates (subject to hydrolysis) is 2. The Hall–Kier alpha value is -4.11. The van der Waals surface area contributed by atoms with Crippen LogP contribution in [0.5, 0.6) is 0 Å². The highest BCUT2D eigenvalue weighted by molar-refractivity contribution is 5.89. The maximum atomic E-state index is 12.6. The number of hydrogen-bond donors (Lipinski definition) is 4. The number of amides is 5. The highest BCUT2D eigenvalue weighted by Gasteiger charge is 2.39. The number of likely N-dealkylation sites (N-methyl/N-ethyl adjacent to an activating group) is 2. The van der Waals surface area contributed by atoms with Gasteiger partial charge in [-0.05, 0) is 101 Å². The van der Waals surface area contributed by atoms with Crippen molar-refractivity contribution in [2.24, 2.45) is 17.8 Å². The molecule has 3 saturated carbocycles. The average molecular weight is 768 g/mol. The maximum absolute atomic E-state index is 12.6. The zero-order chi connectivity index (χ0) is 41.2. The molecule has 16 heteroatoms. The second-order valence-electron chi connectivity index (χ2n) is 17.6. The highest BCUT2D eigenvalue weighted by atomic mass is 16.6. The molecule has 0 aromatic carbocycles. The minimum atomic E-state index is -0.849. The summed E-state index contributed by atoms with van der Waals surface area (Å²) in [6, 6.07) is -0.472. The molecule has 0 aromatic heterocycles. The van der Waals surface area contributed by atoms with E-state index in [4.69, 9.17) is 19.3 Å². The molecule has 3 aliphatic carbocycles. The second-order valence-corrected chi connectivity index (χ2v) is 17.6. The average Bonchev–Trinajstić information content (AvgIpc) is 3.74. The molecule has 1 saturated heterocycles. The van der Waals surface area contributed by atoms with Crippen LogP contribution in [-0.4, -0.2) is 119 Å². The lowest BCUT2D eigenvalue weighted by Crippen LogP contribution is -2.47. The van der Waals surface area contributed by atoms with Crippen LogP contribution in [0.3, 0.4) is 0 Å². The van der Waals surface area contributed by atoms with Crippen LogP contribution in [0.4, 0.5) is 9.59 Å². The minimum Gasteiger partial charge on any atom is -0.481 e. The zero-order valence-electron chi connectivity index (χ0n) is 34.2. The fourth-order valence-electron chi connectivity index (χ4n) is 6.96. The van der Waals surface area contributed by atoms with Crippen molar-refractivity contribution in [2.45, 2.75) is 155 Å². The van der Waals surface area contributed by atoms with E-state index in [1.165, 1.54) is 9.80 Å². The molecular weight excluding hydrogens is 702 g/mol. The molecule has 0 spiro atoms. The van der Waals surface area contributed by atoms with Gasteiger partial charge >= 0.3 is 24.1 Å². The highest BCUT2D eigenvalue weighted by Crippen LogP contribution is 2.29. The summed E-state index contributed by atoms with van der Waals surface area (Å²) in [6.07, 6.45) is 6.27. The first-order chi connectivity index (χ1) is 24.8. The Bertz CT molecular complexity index is 1350. The van der Waals surface area contributed by atoms with E-state index in [-0.39, 0.29) is 60.8 Å². The Kier molecular flexibility index (Phi) is 16.6. The van der Waals surface area contributed by atoms with Crippen molar-refractivity contribution in [3.8, 4) is 0 Å². The molecule has 1 heterocycles. The van der Waals surface area contributed by atoms with Crippen molar-refractivity contribution in [1.82, 2.24) is 25.8 Å². The molecule has 4 aliphatic rings. The number of ether oxygens (including phenoxy) is 3.